The van der Waals surface area contributed by atoms with Gasteiger partial charge in [-0.2, -0.15) is 10.4 Å². The number of aldehydes is 1. The largest absolute Gasteiger partial charge is 0.298 e. The van der Waals surface area contributed by atoms with E-state index in [1.54, 1.807) is 12.3 Å². The summed E-state index contributed by atoms with van der Waals surface area (Å²) < 4.78 is 1.51. The maximum atomic E-state index is 10.5. The van der Waals surface area contributed by atoms with Crippen LogP contribution in [0.3, 0.4) is 0 Å². The van der Waals surface area contributed by atoms with Crippen molar-refractivity contribution in [3.63, 3.8) is 0 Å². The lowest BCUT2D eigenvalue weighted by molar-refractivity contribution is 0.112. The molecule has 0 saturated heterocycles. The molecular weight excluding hydrogens is 204 g/mol. The zero-order chi connectivity index (χ0) is 11.5. The van der Waals surface area contributed by atoms with E-state index >= 15 is 0 Å². The second-order valence-corrected chi connectivity index (χ2v) is 3.31. The minimum atomic E-state index is 0.491. The second-order valence-electron chi connectivity index (χ2n) is 3.31. The predicted molar refractivity (Wildman–Crippen MR) is 56.2 cm³/mol. The molecule has 0 aliphatic heterocycles. The molecule has 0 fully saturated rings. The van der Waals surface area contributed by atoms with Crippen molar-refractivity contribution < 1.29 is 4.79 Å². The molecule has 0 aliphatic carbocycles. The van der Waals surface area contributed by atoms with Gasteiger partial charge in [-0.05, 0) is 18.6 Å². The molecule has 0 atom stereocenters. The van der Waals surface area contributed by atoms with Gasteiger partial charge in [-0.25, -0.2) is 9.67 Å². The van der Waals surface area contributed by atoms with E-state index in [0.29, 0.717) is 16.9 Å². The molecule has 0 aliphatic rings. The Hall–Kier alpha value is -2.48. The molecule has 0 amide bonds. The number of nitrogens with zero attached hydrogens (tertiary/aromatic N) is 4. The lowest BCUT2D eigenvalue weighted by atomic mass is 10.2. The van der Waals surface area contributed by atoms with E-state index in [2.05, 4.69) is 10.1 Å². The van der Waals surface area contributed by atoms with E-state index in [-0.39, 0.29) is 0 Å². The number of hydrogen-bond donors (Lipinski definition) is 0. The van der Waals surface area contributed by atoms with Crippen LogP contribution in [0.2, 0.25) is 0 Å². The summed E-state index contributed by atoms with van der Waals surface area (Å²) in [5, 5.41) is 12.7. The Morgan fingerprint density at radius 2 is 2.31 bits per heavy atom. The SMILES string of the molecule is Cc1cc(C#N)cnc1-n1cc(C=O)cn1. The molecule has 0 N–H and O–H groups in total. The van der Waals surface area contributed by atoms with Crippen LogP contribution in [0.15, 0.2) is 24.7 Å². The Balaban J connectivity index is 2.48. The van der Waals surface area contributed by atoms with Crippen LogP contribution < -0.4 is 0 Å². The van der Waals surface area contributed by atoms with Gasteiger partial charge in [0.1, 0.15) is 6.07 Å². The molecule has 0 radical (unpaired) electrons. The lowest BCUT2D eigenvalue weighted by Gasteiger charge is -2.03. The number of rotatable bonds is 2. The average molecular weight is 212 g/mol. The lowest BCUT2D eigenvalue weighted by Crippen LogP contribution is -2.01. The quantitative estimate of drug-likeness (QED) is 0.702. The topological polar surface area (TPSA) is 71.6 Å². The number of hydrogen-bond acceptors (Lipinski definition) is 4. The van der Waals surface area contributed by atoms with Gasteiger partial charge in [-0.15, -0.1) is 0 Å². The van der Waals surface area contributed by atoms with E-state index in [0.717, 1.165) is 11.8 Å². The first-order valence-electron chi connectivity index (χ1n) is 4.61. The van der Waals surface area contributed by atoms with Gasteiger partial charge >= 0.3 is 0 Å². The van der Waals surface area contributed by atoms with Gasteiger partial charge in [0.2, 0.25) is 0 Å². The highest BCUT2D eigenvalue weighted by Crippen LogP contribution is 2.11. The van der Waals surface area contributed by atoms with Gasteiger partial charge in [0.05, 0.1) is 17.3 Å². The molecule has 5 nitrogen and oxygen atoms in total. The highest BCUT2D eigenvalue weighted by molar-refractivity contribution is 5.73. The fourth-order valence-corrected chi connectivity index (χ4v) is 1.38. The average Bonchev–Trinajstić information content (AvgIpc) is 2.77. The number of pyridine rings is 1. The van der Waals surface area contributed by atoms with Crippen LogP contribution in [-0.4, -0.2) is 21.1 Å². The van der Waals surface area contributed by atoms with Crippen molar-refractivity contribution >= 4 is 6.29 Å². The summed E-state index contributed by atoms with van der Waals surface area (Å²) >= 11 is 0. The zero-order valence-corrected chi connectivity index (χ0v) is 8.58. The van der Waals surface area contributed by atoms with Gasteiger partial charge in [0.15, 0.2) is 12.1 Å². The predicted octanol–water partition coefficient (Wildman–Crippen LogP) is 1.26. The Kier molecular flexibility index (Phi) is 2.48. The third-order valence-corrected chi connectivity index (χ3v) is 2.14. The Labute approximate surface area is 92.0 Å². The third kappa shape index (κ3) is 1.68. The first kappa shape index (κ1) is 10.1. The van der Waals surface area contributed by atoms with Crippen LogP contribution in [-0.2, 0) is 0 Å². The van der Waals surface area contributed by atoms with E-state index in [4.69, 9.17) is 5.26 Å². The summed E-state index contributed by atoms with van der Waals surface area (Å²) in [6.07, 6.45) is 5.26. The molecule has 2 aromatic heterocycles. The summed E-state index contributed by atoms with van der Waals surface area (Å²) in [6, 6.07) is 3.74. The van der Waals surface area contributed by atoms with E-state index in [9.17, 15) is 4.79 Å². The monoisotopic (exact) mass is 212 g/mol. The molecule has 2 heterocycles. The number of nitriles is 1. The Morgan fingerprint density at radius 3 is 2.88 bits per heavy atom. The smallest absolute Gasteiger partial charge is 0.156 e. The van der Waals surface area contributed by atoms with Crippen molar-refractivity contribution in [2.45, 2.75) is 6.92 Å². The number of aryl methyl sites for hydroxylation is 1. The number of aromatic nitrogens is 3. The molecule has 2 aromatic rings. The zero-order valence-electron chi connectivity index (χ0n) is 8.58. The van der Waals surface area contributed by atoms with Crippen molar-refractivity contribution in [1.82, 2.24) is 14.8 Å². The summed E-state index contributed by atoms with van der Waals surface area (Å²) in [7, 11) is 0. The standard InChI is InChI=1S/C11H8N4O/c1-8-2-9(3-12)4-13-11(8)15-6-10(7-16)5-14-15/h2,4-7H,1H3. The van der Waals surface area contributed by atoms with Crippen molar-refractivity contribution in [2.24, 2.45) is 0 Å². The molecule has 0 bridgehead atoms. The van der Waals surface area contributed by atoms with Crippen molar-refractivity contribution in [3.8, 4) is 11.9 Å². The van der Waals surface area contributed by atoms with E-state index in [1.807, 2.05) is 13.0 Å². The van der Waals surface area contributed by atoms with Crippen LogP contribution >= 0.6 is 0 Å². The summed E-state index contributed by atoms with van der Waals surface area (Å²) in [4.78, 5) is 14.6. The molecule has 0 saturated carbocycles. The summed E-state index contributed by atoms with van der Waals surface area (Å²) in [5.74, 6) is 0.618. The van der Waals surface area contributed by atoms with Gasteiger partial charge < -0.3 is 0 Å². The van der Waals surface area contributed by atoms with Gasteiger partial charge in [-0.1, -0.05) is 0 Å². The molecule has 0 aromatic carbocycles. The van der Waals surface area contributed by atoms with Crippen LogP contribution in [0.4, 0.5) is 0 Å². The third-order valence-electron chi connectivity index (χ3n) is 2.14. The van der Waals surface area contributed by atoms with Crippen LogP contribution in [0.1, 0.15) is 21.5 Å². The fraction of sp³-hybridized carbons (Fsp3) is 0.0909. The summed E-state index contributed by atoms with van der Waals surface area (Å²) in [5.41, 5.74) is 1.83. The molecular formula is C11H8N4O. The highest BCUT2D eigenvalue weighted by atomic mass is 16.1. The molecule has 16 heavy (non-hydrogen) atoms. The molecule has 2 rings (SSSR count). The van der Waals surface area contributed by atoms with Crippen LogP contribution in [0.5, 0.6) is 0 Å². The minimum Gasteiger partial charge on any atom is -0.298 e. The Morgan fingerprint density at radius 1 is 1.50 bits per heavy atom. The molecule has 0 spiro atoms. The van der Waals surface area contributed by atoms with Crippen LogP contribution in [0.25, 0.3) is 5.82 Å². The van der Waals surface area contributed by atoms with Crippen molar-refractivity contribution in [2.75, 3.05) is 0 Å². The van der Waals surface area contributed by atoms with Crippen LogP contribution in [0, 0.1) is 18.3 Å². The highest BCUT2D eigenvalue weighted by Gasteiger charge is 2.05. The normalized spacial score (nSPS) is 9.75. The Bertz CT molecular complexity index is 580. The maximum Gasteiger partial charge on any atom is 0.156 e. The number of carbonyl (C=O) groups is 1. The van der Waals surface area contributed by atoms with Crippen molar-refractivity contribution in [3.05, 3.63) is 41.3 Å². The van der Waals surface area contributed by atoms with Gasteiger partial charge in [0.25, 0.3) is 0 Å². The fourth-order valence-electron chi connectivity index (χ4n) is 1.38. The minimum absolute atomic E-state index is 0.491. The second kappa shape index (κ2) is 3.95. The van der Waals surface area contributed by atoms with Gasteiger partial charge in [0, 0.05) is 12.4 Å². The summed E-state index contributed by atoms with van der Waals surface area (Å²) in [6.45, 7) is 1.84. The van der Waals surface area contributed by atoms with Crippen molar-refractivity contribution in [1.29, 1.82) is 5.26 Å². The molecule has 78 valence electrons. The molecule has 5 heteroatoms. The molecule has 0 unspecified atom stereocenters. The first-order valence-corrected chi connectivity index (χ1v) is 4.61. The van der Waals surface area contributed by atoms with E-state index < -0.39 is 0 Å². The first-order chi connectivity index (χ1) is 7.74. The van der Waals surface area contributed by atoms with E-state index in [1.165, 1.54) is 17.1 Å². The maximum absolute atomic E-state index is 10.5. The van der Waals surface area contributed by atoms with Gasteiger partial charge in [-0.3, -0.25) is 4.79 Å². The number of carbonyl (C=O) groups excluding carboxylic acids is 1.